The number of aromatic carboxylic acids is 1. The van der Waals surface area contributed by atoms with Crippen LogP contribution in [0.25, 0.3) is 22.4 Å². The second-order valence-corrected chi connectivity index (χ2v) is 4.66. The highest BCUT2D eigenvalue weighted by molar-refractivity contribution is 5.86. The first-order valence-electron chi connectivity index (χ1n) is 6.63. The molecule has 0 saturated carbocycles. The van der Waals surface area contributed by atoms with E-state index in [1.54, 1.807) is 7.11 Å². The second kappa shape index (κ2) is 5.73. The molecule has 1 heterocycles. The van der Waals surface area contributed by atoms with E-state index in [-0.39, 0.29) is 5.76 Å². The van der Waals surface area contributed by atoms with Gasteiger partial charge in [-0.3, -0.25) is 0 Å². The highest BCUT2D eigenvalue weighted by Crippen LogP contribution is 2.34. The van der Waals surface area contributed by atoms with Crippen molar-refractivity contribution in [2.75, 3.05) is 7.11 Å². The monoisotopic (exact) mass is 295 g/mol. The van der Waals surface area contributed by atoms with Crippen LogP contribution in [-0.2, 0) is 0 Å². The van der Waals surface area contributed by atoms with E-state index in [1.807, 2.05) is 48.5 Å². The Labute approximate surface area is 126 Å². The van der Waals surface area contributed by atoms with Gasteiger partial charge in [0.05, 0.1) is 7.11 Å². The van der Waals surface area contributed by atoms with Crippen molar-refractivity contribution in [1.29, 1.82) is 0 Å². The summed E-state index contributed by atoms with van der Waals surface area (Å²) in [5.41, 5.74) is 3.14. The molecular formula is C17H13NO4. The molecule has 0 saturated heterocycles. The fraction of sp³-hybridized carbons (Fsp3) is 0.0588. The van der Waals surface area contributed by atoms with Crippen LogP contribution < -0.4 is 4.74 Å². The van der Waals surface area contributed by atoms with Crippen molar-refractivity contribution < 1.29 is 19.2 Å². The van der Waals surface area contributed by atoms with Crippen molar-refractivity contribution in [2.45, 2.75) is 0 Å². The molecule has 3 rings (SSSR count). The van der Waals surface area contributed by atoms with Crippen molar-refractivity contribution in [3.05, 3.63) is 60.4 Å². The maximum atomic E-state index is 10.9. The summed E-state index contributed by atoms with van der Waals surface area (Å²) in [6, 6.07) is 16.7. The lowest BCUT2D eigenvalue weighted by Gasteiger charge is -2.10. The summed E-state index contributed by atoms with van der Waals surface area (Å²) in [5.74, 6) is -0.598. The average molecular weight is 295 g/mol. The lowest BCUT2D eigenvalue weighted by Crippen LogP contribution is -1.91. The first kappa shape index (κ1) is 13.9. The van der Waals surface area contributed by atoms with Crippen LogP contribution in [0.1, 0.15) is 10.6 Å². The molecule has 0 atom stereocenters. The van der Waals surface area contributed by atoms with Crippen LogP contribution in [0.3, 0.4) is 0 Å². The average Bonchev–Trinajstić information content (AvgIpc) is 3.05. The summed E-state index contributed by atoms with van der Waals surface area (Å²) >= 11 is 0. The van der Waals surface area contributed by atoms with Gasteiger partial charge < -0.3 is 14.4 Å². The smallest absolute Gasteiger partial charge is 0.374 e. The topological polar surface area (TPSA) is 72.6 Å². The number of rotatable bonds is 4. The molecule has 0 aliphatic carbocycles. The molecule has 110 valence electrons. The molecule has 0 aliphatic heterocycles. The van der Waals surface area contributed by atoms with E-state index in [2.05, 4.69) is 5.16 Å². The van der Waals surface area contributed by atoms with Crippen molar-refractivity contribution in [3.63, 3.8) is 0 Å². The summed E-state index contributed by atoms with van der Waals surface area (Å²) in [7, 11) is 1.61. The van der Waals surface area contributed by atoms with E-state index >= 15 is 0 Å². The van der Waals surface area contributed by atoms with E-state index in [0.29, 0.717) is 5.69 Å². The first-order chi connectivity index (χ1) is 10.7. The van der Waals surface area contributed by atoms with Gasteiger partial charge in [0.1, 0.15) is 11.4 Å². The molecule has 0 unspecified atom stereocenters. The molecule has 5 heteroatoms. The Kier molecular flexibility index (Phi) is 3.62. The maximum absolute atomic E-state index is 10.9. The normalized spacial score (nSPS) is 10.4. The van der Waals surface area contributed by atoms with Gasteiger partial charge in [-0.2, -0.15) is 0 Å². The Bertz CT molecular complexity index is 809. The molecule has 5 nitrogen and oxygen atoms in total. The maximum Gasteiger partial charge on any atom is 0.374 e. The third kappa shape index (κ3) is 2.56. The van der Waals surface area contributed by atoms with Crippen LogP contribution in [-0.4, -0.2) is 23.3 Å². The quantitative estimate of drug-likeness (QED) is 0.794. The zero-order valence-corrected chi connectivity index (χ0v) is 11.8. The van der Waals surface area contributed by atoms with Crippen LogP contribution in [0.2, 0.25) is 0 Å². The van der Waals surface area contributed by atoms with Crippen molar-refractivity contribution in [1.82, 2.24) is 5.16 Å². The van der Waals surface area contributed by atoms with Gasteiger partial charge in [0.15, 0.2) is 0 Å². The van der Waals surface area contributed by atoms with Crippen LogP contribution in [0.4, 0.5) is 0 Å². The van der Waals surface area contributed by atoms with Crippen molar-refractivity contribution in [3.8, 4) is 28.1 Å². The van der Waals surface area contributed by atoms with Crippen molar-refractivity contribution >= 4 is 5.97 Å². The van der Waals surface area contributed by atoms with E-state index in [1.165, 1.54) is 6.07 Å². The van der Waals surface area contributed by atoms with Gasteiger partial charge in [-0.25, -0.2) is 4.79 Å². The van der Waals surface area contributed by atoms with Gasteiger partial charge in [0, 0.05) is 17.2 Å². The number of nitrogens with zero attached hydrogens (tertiary/aromatic N) is 1. The third-order valence-corrected chi connectivity index (χ3v) is 3.30. The van der Waals surface area contributed by atoms with Crippen molar-refractivity contribution in [2.24, 2.45) is 0 Å². The van der Waals surface area contributed by atoms with E-state index < -0.39 is 5.97 Å². The summed E-state index contributed by atoms with van der Waals surface area (Å²) in [4.78, 5) is 10.9. The lowest BCUT2D eigenvalue weighted by atomic mass is 10.0. The van der Waals surface area contributed by atoms with Crippen LogP contribution in [0.5, 0.6) is 5.75 Å². The highest BCUT2D eigenvalue weighted by Gasteiger charge is 2.14. The summed E-state index contributed by atoms with van der Waals surface area (Å²) in [6.07, 6.45) is 0. The predicted molar refractivity (Wildman–Crippen MR) is 80.9 cm³/mol. The number of hydrogen-bond donors (Lipinski definition) is 1. The minimum absolute atomic E-state index is 0.188. The number of hydrogen-bond acceptors (Lipinski definition) is 4. The predicted octanol–water partition coefficient (Wildman–Crippen LogP) is 3.72. The number of ether oxygens (including phenoxy) is 1. The van der Waals surface area contributed by atoms with Gasteiger partial charge in [0.2, 0.25) is 5.76 Å². The number of aromatic nitrogens is 1. The van der Waals surface area contributed by atoms with Gasteiger partial charge in [-0.1, -0.05) is 35.5 Å². The Morgan fingerprint density at radius 3 is 2.50 bits per heavy atom. The molecule has 0 fully saturated rings. The van der Waals surface area contributed by atoms with E-state index in [0.717, 1.165) is 22.4 Å². The molecule has 0 bridgehead atoms. The molecular weight excluding hydrogens is 282 g/mol. The van der Waals surface area contributed by atoms with Gasteiger partial charge in [-0.05, 0) is 23.8 Å². The first-order valence-corrected chi connectivity index (χ1v) is 6.63. The Morgan fingerprint density at radius 1 is 1.09 bits per heavy atom. The largest absolute Gasteiger partial charge is 0.496 e. The summed E-state index contributed by atoms with van der Waals surface area (Å²) < 4.78 is 10.2. The molecule has 0 amide bonds. The fourth-order valence-electron chi connectivity index (χ4n) is 2.22. The number of carboxylic acid groups (broad SMARTS) is 1. The molecule has 3 aromatic rings. The van der Waals surface area contributed by atoms with Gasteiger partial charge in [-0.15, -0.1) is 0 Å². The number of carbonyl (C=O) groups is 1. The number of benzene rings is 2. The van der Waals surface area contributed by atoms with Crippen LogP contribution >= 0.6 is 0 Å². The molecule has 0 spiro atoms. The Hall–Kier alpha value is -3.08. The summed E-state index contributed by atoms with van der Waals surface area (Å²) in [6.45, 7) is 0. The van der Waals surface area contributed by atoms with Gasteiger partial charge >= 0.3 is 5.97 Å². The van der Waals surface area contributed by atoms with E-state index in [9.17, 15) is 4.79 Å². The Morgan fingerprint density at radius 2 is 1.86 bits per heavy atom. The van der Waals surface area contributed by atoms with Crippen LogP contribution in [0.15, 0.2) is 59.1 Å². The summed E-state index contributed by atoms with van der Waals surface area (Å²) in [5, 5.41) is 12.7. The second-order valence-electron chi connectivity index (χ2n) is 4.66. The zero-order chi connectivity index (χ0) is 15.5. The molecule has 1 aromatic heterocycles. The minimum atomic E-state index is -1.14. The fourth-order valence-corrected chi connectivity index (χ4v) is 2.22. The van der Waals surface area contributed by atoms with Gasteiger partial charge in [0.25, 0.3) is 0 Å². The number of carboxylic acids is 1. The molecule has 0 aliphatic rings. The molecule has 0 radical (unpaired) electrons. The highest BCUT2D eigenvalue weighted by atomic mass is 16.5. The zero-order valence-electron chi connectivity index (χ0n) is 11.8. The number of methoxy groups -OCH3 is 1. The molecule has 2 aromatic carbocycles. The Balaban J connectivity index is 2.08. The lowest BCUT2D eigenvalue weighted by molar-refractivity contribution is 0.0652. The van der Waals surface area contributed by atoms with E-state index in [4.69, 9.17) is 14.4 Å². The third-order valence-electron chi connectivity index (χ3n) is 3.30. The SMILES string of the molecule is COc1ccc(-c2cc(C(=O)O)on2)cc1-c1ccccc1. The van der Waals surface area contributed by atoms with Crippen LogP contribution in [0, 0.1) is 0 Å². The molecule has 22 heavy (non-hydrogen) atoms. The molecule has 1 N–H and O–H groups in total. The standard InChI is InChI=1S/C17H13NO4/c1-21-15-8-7-12(14-10-16(17(19)20)22-18-14)9-13(15)11-5-3-2-4-6-11/h2-10H,1H3,(H,19,20). The minimum Gasteiger partial charge on any atom is -0.496 e.